The van der Waals surface area contributed by atoms with E-state index >= 15 is 0 Å². The van der Waals surface area contributed by atoms with Crippen LogP contribution in [-0.4, -0.2) is 73.1 Å². The Morgan fingerprint density at radius 1 is 0.861 bits per heavy atom. The summed E-state index contributed by atoms with van der Waals surface area (Å²) in [6.07, 6.45) is 0. The first-order chi connectivity index (χ1) is 17.5. The Labute approximate surface area is 219 Å². The number of morpholine rings is 1. The van der Waals surface area contributed by atoms with E-state index in [2.05, 4.69) is 14.9 Å². The molecule has 0 N–H and O–H groups in total. The van der Waals surface area contributed by atoms with Crippen molar-refractivity contribution < 1.29 is 9.53 Å². The van der Waals surface area contributed by atoms with E-state index in [1.54, 1.807) is 23.1 Å². The zero-order chi connectivity index (χ0) is 25.1. The Morgan fingerprint density at radius 3 is 2.28 bits per heavy atom. The molecule has 0 unspecified atom stereocenters. The summed E-state index contributed by atoms with van der Waals surface area (Å²) in [4.78, 5) is 32.7. The molecule has 1 aromatic heterocycles. The van der Waals surface area contributed by atoms with Gasteiger partial charge in [-0.15, -0.1) is 0 Å². The normalized spacial score (nSPS) is 16.3. The van der Waals surface area contributed by atoms with Crippen LogP contribution in [0.4, 0.5) is 11.5 Å². The number of hydrogen-bond donors (Lipinski definition) is 0. The van der Waals surface area contributed by atoms with E-state index in [1.165, 1.54) is 4.68 Å². The molecule has 0 atom stereocenters. The number of aromatic nitrogens is 2. The number of halogens is 2. The maximum absolute atomic E-state index is 13.4. The highest BCUT2D eigenvalue weighted by molar-refractivity contribution is 6.31. The van der Waals surface area contributed by atoms with E-state index in [9.17, 15) is 9.59 Å². The third kappa shape index (κ3) is 5.51. The average molecular weight is 528 g/mol. The van der Waals surface area contributed by atoms with Crippen LogP contribution in [-0.2, 0) is 16.1 Å². The minimum Gasteiger partial charge on any atom is -0.378 e. The zero-order valence-corrected chi connectivity index (χ0v) is 21.3. The maximum atomic E-state index is 13.4. The van der Waals surface area contributed by atoms with Crippen molar-refractivity contribution >= 4 is 40.6 Å². The van der Waals surface area contributed by atoms with Crippen molar-refractivity contribution in [3.05, 3.63) is 75.0 Å². The lowest BCUT2D eigenvalue weighted by Gasteiger charge is -2.36. The van der Waals surface area contributed by atoms with Gasteiger partial charge in [-0.3, -0.25) is 9.59 Å². The van der Waals surface area contributed by atoms with Crippen molar-refractivity contribution in [3.8, 4) is 11.1 Å². The molecule has 188 valence electrons. The van der Waals surface area contributed by atoms with Crippen LogP contribution in [0.25, 0.3) is 11.1 Å². The van der Waals surface area contributed by atoms with Gasteiger partial charge in [0.2, 0.25) is 5.91 Å². The highest BCUT2D eigenvalue weighted by Crippen LogP contribution is 2.23. The Hall–Kier alpha value is -3.07. The molecule has 3 heterocycles. The lowest BCUT2D eigenvalue weighted by atomic mass is 10.1. The molecule has 2 saturated heterocycles. The van der Waals surface area contributed by atoms with Gasteiger partial charge in [-0.05, 0) is 42.0 Å². The predicted molar refractivity (Wildman–Crippen MR) is 142 cm³/mol. The van der Waals surface area contributed by atoms with Crippen LogP contribution in [0.1, 0.15) is 0 Å². The fourth-order valence-corrected chi connectivity index (χ4v) is 4.84. The molecule has 2 aliphatic heterocycles. The minimum absolute atomic E-state index is 0.116. The van der Waals surface area contributed by atoms with Crippen LogP contribution in [0.3, 0.4) is 0 Å². The van der Waals surface area contributed by atoms with Crippen LogP contribution >= 0.6 is 23.2 Å². The number of carbonyl (C=O) groups is 1. The van der Waals surface area contributed by atoms with Crippen LogP contribution < -0.4 is 15.4 Å². The average Bonchev–Trinajstić information content (AvgIpc) is 2.91. The molecule has 0 saturated carbocycles. The highest BCUT2D eigenvalue weighted by atomic mass is 35.5. The molecule has 0 bridgehead atoms. The van der Waals surface area contributed by atoms with Gasteiger partial charge in [0, 0.05) is 55.0 Å². The number of ether oxygens (including phenoxy) is 1. The van der Waals surface area contributed by atoms with Gasteiger partial charge >= 0.3 is 0 Å². The number of carbonyl (C=O) groups excluding carboxylic acids is 1. The van der Waals surface area contributed by atoms with E-state index in [1.807, 2.05) is 36.4 Å². The lowest BCUT2D eigenvalue weighted by Crippen LogP contribution is -2.50. The van der Waals surface area contributed by atoms with Gasteiger partial charge in [0.05, 0.1) is 18.8 Å². The summed E-state index contributed by atoms with van der Waals surface area (Å²) >= 11 is 12.2. The first-order valence-corrected chi connectivity index (χ1v) is 12.7. The first kappa shape index (κ1) is 24.6. The standard InChI is InChI=1S/C26H27Cl2N5O3/c27-20-6-4-19(5-7-20)23-17-24(31-12-14-36-15-13-31)29-33(26(23)35)18-25(34)32-10-8-30(9-11-32)22-3-1-2-21(28)16-22/h1-7,16-17H,8-15,18H2. The van der Waals surface area contributed by atoms with Crippen LogP contribution in [0, 0.1) is 0 Å². The van der Waals surface area contributed by atoms with Crippen molar-refractivity contribution in [1.29, 1.82) is 0 Å². The molecule has 3 aromatic rings. The molecule has 10 heteroatoms. The van der Waals surface area contributed by atoms with Gasteiger partial charge in [-0.25, -0.2) is 4.68 Å². The van der Waals surface area contributed by atoms with Gasteiger partial charge in [0.15, 0.2) is 0 Å². The molecular formula is C26H27Cl2N5O3. The molecule has 2 fully saturated rings. The summed E-state index contributed by atoms with van der Waals surface area (Å²) in [5.74, 6) is 0.526. The third-order valence-electron chi connectivity index (χ3n) is 6.54. The largest absolute Gasteiger partial charge is 0.378 e. The lowest BCUT2D eigenvalue weighted by molar-refractivity contribution is -0.132. The quantitative estimate of drug-likeness (QED) is 0.506. The van der Waals surface area contributed by atoms with Crippen molar-refractivity contribution in [2.45, 2.75) is 6.54 Å². The van der Waals surface area contributed by atoms with E-state index in [4.69, 9.17) is 27.9 Å². The summed E-state index contributed by atoms with van der Waals surface area (Å²) in [5.41, 5.74) is 1.96. The van der Waals surface area contributed by atoms with E-state index in [0.717, 1.165) is 11.3 Å². The van der Waals surface area contributed by atoms with Gasteiger partial charge in [0.25, 0.3) is 5.56 Å². The predicted octanol–water partition coefficient (Wildman–Crippen LogP) is 3.40. The van der Waals surface area contributed by atoms with Crippen LogP contribution in [0.2, 0.25) is 10.0 Å². The Morgan fingerprint density at radius 2 is 1.58 bits per heavy atom. The van der Waals surface area contributed by atoms with Crippen LogP contribution in [0.15, 0.2) is 59.4 Å². The monoisotopic (exact) mass is 527 g/mol. The second-order valence-corrected chi connectivity index (χ2v) is 9.71. The fourth-order valence-electron chi connectivity index (χ4n) is 4.53. The van der Waals surface area contributed by atoms with Crippen molar-refractivity contribution in [1.82, 2.24) is 14.7 Å². The van der Waals surface area contributed by atoms with E-state index < -0.39 is 0 Å². The molecular weight excluding hydrogens is 501 g/mol. The topological polar surface area (TPSA) is 70.9 Å². The molecule has 2 aliphatic rings. The number of benzene rings is 2. The fraction of sp³-hybridized carbons (Fsp3) is 0.346. The molecule has 2 aromatic carbocycles. The number of piperazine rings is 1. The minimum atomic E-state index is -0.305. The second kappa shape index (κ2) is 10.9. The smallest absolute Gasteiger partial charge is 0.275 e. The molecule has 0 spiro atoms. The van der Waals surface area contributed by atoms with Gasteiger partial charge in [-0.2, -0.15) is 5.10 Å². The van der Waals surface area contributed by atoms with E-state index in [0.29, 0.717) is 73.9 Å². The molecule has 0 aliphatic carbocycles. The van der Waals surface area contributed by atoms with Crippen molar-refractivity contribution in [2.75, 3.05) is 62.3 Å². The summed E-state index contributed by atoms with van der Waals surface area (Å²) in [6, 6.07) is 16.6. The maximum Gasteiger partial charge on any atom is 0.275 e. The van der Waals surface area contributed by atoms with Crippen molar-refractivity contribution in [2.24, 2.45) is 0 Å². The summed E-state index contributed by atoms with van der Waals surface area (Å²) in [7, 11) is 0. The SMILES string of the molecule is O=C(Cn1nc(N2CCOCC2)cc(-c2ccc(Cl)cc2)c1=O)N1CCN(c2cccc(Cl)c2)CC1. The molecule has 8 nitrogen and oxygen atoms in total. The number of amides is 1. The molecule has 5 rings (SSSR count). The second-order valence-electron chi connectivity index (χ2n) is 8.83. The zero-order valence-electron chi connectivity index (χ0n) is 19.8. The van der Waals surface area contributed by atoms with Crippen molar-refractivity contribution in [3.63, 3.8) is 0 Å². The molecule has 36 heavy (non-hydrogen) atoms. The number of nitrogens with zero attached hydrogens (tertiary/aromatic N) is 5. The third-order valence-corrected chi connectivity index (χ3v) is 7.03. The molecule has 0 radical (unpaired) electrons. The van der Waals surface area contributed by atoms with Gasteiger partial charge in [-0.1, -0.05) is 41.4 Å². The number of hydrogen-bond acceptors (Lipinski definition) is 6. The van der Waals surface area contributed by atoms with Gasteiger partial charge in [0.1, 0.15) is 12.4 Å². The summed E-state index contributed by atoms with van der Waals surface area (Å²) < 4.78 is 6.76. The first-order valence-electron chi connectivity index (χ1n) is 12.0. The van der Waals surface area contributed by atoms with Crippen LogP contribution in [0.5, 0.6) is 0 Å². The molecule has 1 amide bonds. The number of rotatable bonds is 5. The van der Waals surface area contributed by atoms with Gasteiger partial charge < -0.3 is 19.4 Å². The Balaban J connectivity index is 1.36. The van der Waals surface area contributed by atoms with E-state index in [-0.39, 0.29) is 18.0 Å². The Bertz CT molecular complexity index is 1280. The summed E-state index contributed by atoms with van der Waals surface area (Å²) in [6.45, 7) is 4.92. The highest BCUT2D eigenvalue weighted by Gasteiger charge is 2.24. The Kier molecular flexibility index (Phi) is 7.46. The number of anilines is 2. The summed E-state index contributed by atoms with van der Waals surface area (Å²) in [5, 5.41) is 5.86.